The van der Waals surface area contributed by atoms with Crippen LogP contribution in [-0.4, -0.2) is 31.3 Å². The maximum Gasteiger partial charge on any atom is 0.374 e. The molecule has 0 atom stereocenters. The van der Waals surface area contributed by atoms with Crippen LogP contribution in [0.1, 0.15) is 10.6 Å². The van der Waals surface area contributed by atoms with Crippen LogP contribution in [0.2, 0.25) is 0 Å². The zero-order valence-corrected chi connectivity index (χ0v) is 13.4. The number of carbonyl (C=O) groups excluding carboxylic acids is 1. The number of nitrogens with zero attached hydrogens (tertiary/aromatic N) is 2. The van der Waals surface area contributed by atoms with E-state index >= 15 is 0 Å². The van der Waals surface area contributed by atoms with Crippen LogP contribution in [0.25, 0.3) is 5.69 Å². The minimum absolute atomic E-state index is 0.192. The molecule has 0 aliphatic carbocycles. The number of sulfonamides is 1. The second-order valence-corrected chi connectivity index (χ2v) is 6.33. The molecule has 0 fully saturated rings. The van der Waals surface area contributed by atoms with E-state index in [2.05, 4.69) is 14.6 Å². The van der Waals surface area contributed by atoms with Crippen molar-refractivity contribution < 1.29 is 22.4 Å². The standard InChI is InChI=1S/C15H13N3O5S/c1-22-15(19)13-6-7-14(23-13)24(20,21)17-11-4-2-5-12(10-11)18-9-3-8-16-18/h2-10,17H,1H3. The summed E-state index contributed by atoms with van der Waals surface area (Å²) in [5.41, 5.74) is 1.02. The molecule has 24 heavy (non-hydrogen) atoms. The Morgan fingerprint density at radius 1 is 1.25 bits per heavy atom. The fraction of sp³-hybridized carbons (Fsp3) is 0.0667. The molecule has 0 aliphatic heterocycles. The number of hydrogen-bond acceptors (Lipinski definition) is 6. The van der Waals surface area contributed by atoms with Crippen molar-refractivity contribution in [1.29, 1.82) is 0 Å². The third-order valence-corrected chi connectivity index (χ3v) is 4.35. The number of furan rings is 1. The maximum absolute atomic E-state index is 12.3. The summed E-state index contributed by atoms with van der Waals surface area (Å²) in [6.45, 7) is 0. The zero-order chi connectivity index (χ0) is 17.2. The molecule has 0 amide bonds. The summed E-state index contributed by atoms with van der Waals surface area (Å²) in [4.78, 5) is 11.3. The summed E-state index contributed by atoms with van der Waals surface area (Å²) < 4.78 is 38.2. The van der Waals surface area contributed by atoms with E-state index < -0.39 is 16.0 Å². The van der Waals surface area contributed by atoms with Crippen LogP contribution in [-0.2, 0) is 14.8 Å². The molecule has 2 heterocycles. The van der Waals surface area contributed by atoms with E-state index in [0.29, 0.717) is 11.4 Å². The van der Waals surface area contributed by atoms with Gasteiger partial charge in [0.25, 0.3) is 10.0 Å². The number of hydrogen-bond donors (Lipinski definition) is 1. The van der Waals surface area contributed by atoms with Crippen molar-refractivity contribution in [3.8, 4) is 5.69 Å². The third-order valence-electron chi connectivity index (χ3n) is 3.10. The summed E-state index contributed by atoms with van der Waals surface area (Å²) >= 11 is 0. The predicted molar refractivity (Wildman–Crippen MR) is 84.4 cm³/mol. The van der Waals surface area contributed by atoms with Gasteiger partial charge in [-0.15, -0.1) is 0 Å². The Balaban J connectivity index is 1.86. The predicted octanol–water partition coefficient (Wildman–Crippen LogP) is 2.05. The van der Waals surface area contributed by atoms with Gasteiger partial charge in [-0.05, 0) is 36.4 Å². The molecular weight excluding hydrogens is 334 g/mol. The summed E-state index contributed by atoms with van der Waals surface area (Å²) in [7, 11) is -2.80. The van der Waals surface area contributed by atoms with Crippen molar-refractivity contribution in [1.82, 2.24) is 9.78 Å². The highest BCUT2D eigenvalue weighted by atomic mass is 32.2. The summed E-state index contributed by atoms with van der Waals surface area (Å²) in [6, 6.07) is 10.9. The average molecular weight is 347 g/mol. The van der Waals surface area contributed by atoms with Gasteiger partial charge in [-0.2, -0.15) is 13.5 Å². The Hall–Kier alpha value is -3.07. The largest absolute Gasteiger partial charge is 0.463 e. The fourth-order valence-corrected chi connectivity index (χ4v) is 3.00. The molecule has 124 valence electrons. The molecule has 0 bridgehead atoms. The maximum atomic E-state index is 12.3. The lowest BCUT2D eigenvalue weighted by molar-refractivity contribution is 0.0559. The van der Waals surface area contributed by atoms with Crippen LogP contribution in [0.3, 0.4) is 0 Å². The van der Waals surface area contributed by atoms with Gasteiger partial charge in [0.15, 0.2) is 0 Å². The molecule has 0 saturated carbocycles. The second kappa shape index (κ2) is 6.20. The number of carbonyl (C=O) groups is 1. The molecular formula is C15H13N3O5S. The molecule has 1 N–H and O–H groups in total. The first-order valence-corrected chi connectivity index (χ1v) is 8.29. The highest BCUT2D eigenvalue weighted by Gasteiger charge is 2.21. The molecule has 3 aromatic rings. The van der Waals surface area contributed by atoms with Crippen LogP contribution in [0.15, 0.2) is 64.4 Å². The van der Waals surface area contributed by atoms with Gasteiger partial charge in [0.1, 0.15) is 0 Å². The van der Waals surface area contributed by atoms with E-state index in [9.17, 15) is 13.2 Å². The molecule has 0 spiro atoms. The van der Waals surface area contributed by atoms with Crippen LogP contribution in [0.5, 0.6) is 0 Å². The van der Waals surface area contributed by atoms with Crippen molar-refractivity contribution in [2.45, 2.75) is 5.09 Å². The van der Waals surface area contributed by atoms with Gasteiger partial charge >= 0.3 is 5.97 Å². The number of methoxy groups -OCH3 is 1. The minimum Gasteiger partial charge on any atom is -0.463 e. The summed E-state index contributed by atoms with van der Waals surface area (Å²) in [5.74, 6) is -0.944. The monoisotopic (exact) mass is 347 g/mol. The van der Waals surface area contributed by atoms with Crippen molar-refractivity contribution in [3.05, 3.63) is 60.6 Å². The van der Waals surface area contributed by atoms with Gasteiger partial charge in [0, 0.05) is 12.4 Å². The Kier molecular flexibility index (Phi) is 4.09. The molecule has 0 radical (unpaired) electrons. The number of esters is 1. The number of ether oxygens (including phenoxy) is 1. The van der Waals surface area contributed by atoms with E-state index in [1.54, 1.807) is 47.4 Å². The lowest BCUT2D eigenvalue weighted by Crippen LogP contribution is -2.12. The highest BCUT2D eigenvalue weighted by Crippen LogP contribution is 2.20. The second-order valence-electron chi connectivity index (χ2n) is 4.72. The van der Waals surface area contributed by atoms with Crippen molar-refractivity contribution in [3.63, 3.8) is 0 Å². The first-order chi connectivity index (χ1) is 11.5. The molecule has 2 aromatic heterocycles. The lowest BCUT2D eigenvalue weighted by Gasteiger charge is -2.08. The van der Waals surface area contributed by atoms with Gasteiger partial charge in [-0.3, -0.25) is 4.72 Å². The van der Waals surface area contributed by atoms with Crippen molar-refractivity contribution >= 4 is 21.7 Å². The minimum atomic E-state index is -3.97. The highest BCUT2D eigenvalue weighted by molar-refractivity contribution is 7.92. The van der Waals surface area contributed by atoms with Crippen molar-refractivity contribution in [2.75, 3.05) is 11.8 Å². The average Bonchev–Trinajstić information content (AvgIpc) is 3.25. The number of aromatic nitrogens is 2. The quantitative estimate of drug-likeness (QED) is 0.709. The van der Waals surface area contributed by atoms with Gasteiger partial charge in [0.05, 0.1) is 18.5 Å². The number of benzene rings is 1. The van der Waals surface area contributed by atoms with E-state index in [4.69, 9.17) is 4.42 Å². The molecule has 0 saturated heterocycles. The smallest absolute Gasteiger partial charge is 0.374 e. The Morgan fingerprint density at radius 3 is 2.79 bits per heavy atom. The lowest BCUT2D eigenvalue weighted by atomic mass is 10.3. The molecule has 0 aliphatic rings. The Morgan fingerprint density at radius 2 is 2.08 bits per heavy atom. The first-order valence-electron chi connectivity index (χ1n) is 6.81. The van der Waals surface area contributed by atoms with Crippen molar-refractivity contribution in [2.24, 2.45) is 0 Å². The van der Waals surface area contributed by atoms with Crippen LogP contribution < -0.4 is 4.72 Å². The summed E-state index contributed by atoms with van der Waals surface area (Å²) in [5, 5.41) is 3.70. The topological polar surface area (TPSA) is 103 Å². The number of anilines is 1. The first kappa shape index (κ1) is 15.8. The van der Waals surface area contributed by atoms with Crippen LogP contribution >= 0.6 is 0 Å². The van der Waals surface area contributed by atoms with Gasteiger partial charge in [-0.1, -0.05) is 6.07 Å². The number of nitrogens with one attached hydrogen (secondary N) is 1. The summed E-state index contributed by atoms with van der Waals surface area (Å²) in [6.07, 6.45) is 3.36. The van der Waals surface area contributed by atoms with E-state index in [1.807, 2.05) is 0 Å². The van der Waals surface area contributed by atoms with Gasteiger partial charge in [-0.25, -0.2) is 9.48 Å². The van der Waals surface area contributed by atoms with Gasteiger partial charge in [0.2, 0.25) is 10.9 Å². The van der Waals surface area contributed by atoms with Crippen LogP contribution in [0.4, 0.5) is 5.69 Å². The van der Waals surface area contributed by atoms with E-state index in [0.717, 1.165) is 0 Å². The van der Waals surface area contributed by atoms with E-state index in [1.165, 1.54) is 19.2 Å². The molecule has 3 rings (SSSR count). The zero-order valence-electron chi connectivity index (χ0n) is 12.5. The number of rotatable bonds is 5. The Labute approximate surface area is 137 Å². The van der Waals surface area contributed by atoms with Crippen LogP contribution in [0, 0.1) is 0 Å². The SMILES string of the molecule is COC(=O)c1ccc(S(=O)(=O)Nc2cccc(-n3cccn3)c2)o1. The van der Waals surface area contributed by atoms with Gasteiger partial charge < -0.3 is 9.15 Å². The molecule has 8 nitrogen and oxygen atoms in total. The normalized spacial score (nSPS) is 11.2. The molecule has 9 heteroatoms. The molecule has 1 aromatic carbocycles. The third kappa shape index (κ3) is 3.15. The van der Waals surface area contributed by atoms with E-state index in [-0.39, 0.29) is 10.9 Å². The Bertz CT molecular complexity index is 961. The fourth-order valence-electron chi connectivity index (χ4n) is 2.01. The molecule has 0 unspecified atom stereocenters.